The number of benzene rings is 1. The number of nitrogens with zero attached hydrogens (tertiary/aromatic N) is 3. The van der Waals surface area contributed by atoms with Gasteiger partial charge in [-0.3, -0.25) is 4.98 Å². The van der Waals surface area contributed by atoms with Crippen molar-refractivity contribution in [3.8, 4) is 11.5 Å². The highest BCUT2D eigenvalue weighted by Gasteiger charge is 2.14. The molecule has 3 heterocycles. The third-order valence-corrected chi connectivity index (χ3v) is 4.94. The van der Waals surface area contributed by atoms with E-state index in [0.29, 0.717) is 29.0 Å². The minimum absolute atomic E-state index is 0.0649. The van der Waals surface area contributed by atoms with Crippen molar-refractivity contribution in [3.63, 3.8) is 0 Å². The second kappa shape index (κ2) is 6.45. The van der Waals surface area contributed by atoms with Crippen LogP contribution in [0, 0.1) is 0 Å². The van der Waals surface area contributed by atoms with E-state index < -0.39 is 10.0 Å². The molecule has 0 spiro atoms. The van der Waals surface area contributed by atoms with Gasteiger partial charge in [-0.2, -0.15) is 0 Å². The molecule has 0 fully saturated rings. The van der Waals surface area contributed by atoms with E-state index in [-0.39, 0.29) is 10.7 Å². The Morgan fingerprint density at radius 1 is 1.07 bits per heavy atom. The van der Waals surface area contributed by atoms with Gasteiger partial charge in [-0.1, -0.05) is 12.1 Å². The number of sulfonamides is 1. The molecule has 9 heteroatoms. The highest BCUT2D eigenvalue weighted by atomic mass is 32.2. The number of nitrogen functional groups attached to an aromatic ring is 1. The second-order valence-corrected chi connectivity index (χ2v) is 7.57. The second-order valence-electron chi connectivity index (χ2n) is 6.01. The van der Waals surface area contributed by atoms with E-state index in [0.717, 1.165) is 11.1 Å². The summed E-state index contributed by atoms with van der Waals surface area (Å²) in [5.74, 6) is 0.639. The Kier molecular flexibility index (Phi) is 4.09. The number of pyridine rings is 2. The van der Waals surface area contributed by atoms with Gasteiger partial charge in [-0.15, -0.1) is 0 Å². The fourth-order valence-corrected chi connectivity index (χ4v) is 3.33. The summed E-state index contributed by atoms with van der Waals surface area (Å²) in [4.78, 5) is 12.7. The number of hydrogen-bond donors (Lipinski definition) is 2. The summed E-state index contributed by atoms with van der Waals surface area (Å²) < 4.78 is 28.8. The average molecular weight is 381 g/mol. The van der Waals surface area contributed by atoms with Crippen molar-refractivity contribution in [1.29, 1.82) is 0 Å². The normalized spacial score (nSPS) is 11.7. The van der Waals surface area contributed by atoms with Crippen LogP contribution < -0.4 is 10.9 Å². The van der Waals surface area contributed by atoms with Crippen molar-refractivity contribution in [3.05, 3.63) is 66.1 Å². The molecule has 1 aromatic carbocycles. The lowest BCUT2D eigenvalue weighted by molar-refractivity contribution is 0.597. The van der Waals surface area contributed by atoms with Crippen LogP contribution in [0.4, 0.5) is 5.82 Å². The lowest BCUT2D eigenvalue weighted by Crippen LogP contribution is -2.12. The molecule has 0 saturated heterocycles. The zero-order chi connectivity index (χ0) is 19.0. The number of anilines is 1. The Morgan fingerprint density at radius 3 is 2.70 bits per heavy atom. The van der Waals surface area contributed by atoms with Gasteiger partial charge in [0.15, 0.2) is 5.58 Å². The number of aromatic nitrogens is 3. The van der Waals surface area contributed by atoms with Crippen LogP contribution in [0.3, 0.4) is 0 Å². The smallest absolute Gasteiger partial charge is 0.238 e. The highest BCUT2D eigenvalue weighted by Crippen LogP contribution is 2.28. The number of primary sulfonamides is 1. The van der Waals surface area contributed by atoms with Crippen LogP contribution in [-0.4, -0.2) is 23.4 Å². The Balaban J connectivity index is 1.71. The number of fused-ring (bicyclic) bond motifs is 1. The Labute approximate surface area is 154 Å². The molecule has 0 aliphatic carbocycles. The fraction of sp³-hybridized carbons (Fsp3) is 0.0556. The molecule has 0 radical (unpaired) electrons. The lowest BCUT2D eigenvalue weighted by Gasteiger charge is -2.07. The molecule has 3 aromatic heterocycles. The van der Waals surface area contributed by atoms with Crippen LogP contribution in [0.15, 0.2) is 64.3 Å². The lowest BCUT2D eigenvalue weighted by atomic mass is 10.0. The molecule has 136 valence electrons. The number of nitrogens with two attached hydrogens (primary N) is 2. The topological polar surface area (TPSA) is 138 Å². The summed E-state index contributed by atoms with van der Waals surface area (Å²) in [5, 5.41) is 5.19. The van der Waals surface area contributed by atoms with E-state index in [1.54, 1.807) is 30.7 Å². The zero-order valence-electron chi connectivity index (χ0n) is 14.0. The average Bonchev–Trinajstić information content (AvgIpc) is 3.07. The Morgan fingerprint density at radius 2 is 1.93 bits per heavy atom. The van der Waals surface area contributed by atoms with Crippen LogP contribution in [0.5, 0.6) is 0 Å². The van der Waals surface area contributed by atoms with Gasteiger partial charge < -0.3 is 10.2 Å². The Bertz CT molecular complexity index is 1220. The maximum absolute atomic E-state index is 11.5. The van der Waals surface area contributed by atoms with E-state index in [2.05, 4.69) is 15.0 Å². The molecule has 0 saturated carbocycles. The molecular weight excluding hydrogens is 366 g/mol. The standard InChI is InChI=1S/C18H15N5O3S/c19-17-14(18-23-15-10-21-5-4-16(15)26-18)8-12(9-22-17)6-11-2-1-3-13(7-11)27(20,24)25/h1-5,7-10H,6H2,(H2,19,22)(H2,20,24,25). The van der Waals surface area contributed by atoms with Gasteiger partial charge in [0.25, 0.3) is 0 Å². The fourth-order valence-electron chi connectivity index (χ4n) is 2.75. The molecule has 0 atom stereocenters. The maximum Gasteiger partial charge on any atom is 0.238 e. The molecule has 0 aliphatic heterocycles. The molecule has 4 N–H and O–H groups in total. The predicted molar refractivity (Wildman–Crippen MR) is 100 cm³/mol. The van der Waals surface area contributed by atoms with Gasteiger partial charge in [0.2, 0.25) is 15.9 Å². The first-order chi connectivity index (χ1) is 12.9. The van der Waals surface area contributed by atoms with Gasteiger partial charge in [-0.05, 0) is 35.7 Å². The van der Waals surface area contributed by atoms with Gasteiger partial charge in [0, 0.05) is 18.5 Å². The predicted octanol–water partition coefficient (Wildman–Crippen LogP) is 2.11. The molecule has 8 nitrogen and oxygen atoms in total. The van der Waals surface area contributed by atoms with Gasteiger partial charge in [0.1, 0.15) is 11.3 Å². The maximum atomic E-state index is 11.5. The van der Waals surface area contributed by atoms with Crippen molar-refractivity contribution >= 4 is 26.9 Å². The summed E-state index contributed by atoms with van der Waals surface area (Å²) in [6, 6.07) is 10.0. The first-order valence-corrected chi connectivity index (χ1v) is 9.52. The van der Waals surface area contributed by atoms with Crippen LogP contribution in [-0.2, 0) is 16.4 Å². The van der Waals surface area contributed by atoms with Crippen molar-refractivity contribution in [1.82, 2.24) is 15.0 Å². The van der Waals surface area contributed by atoms with Crippen molar-refractivity contribution in [2.75, 3.05) is 5.73 Å². The van der Waals surface area contributed by atoms with Crippen LogP contribution in [0.2, 0.25) is 0 Å². The van der Waals surface area contributed by atoms with Crippen LogP contribution >= 0.6 is 0 Å². The molecular formula is C18H15N5O3S. The minimum atomic E-state index is -3.76. The van der Waals surface area contributed by atoms with Gasteiger partial charge >= 0.3 is 0 Å². The molecule has 4 aromatic rings. The first-order valence-electron chi connectivity index (χ1n) is 7.97. The summed E-state index contributed by atoms with van der Waals surface area (Å²) in [6.07, 6.45) is 5.31. The third kappa shape index (κ3) is 3.50. The number of hydrogen-bond acceptors (Lipinski definition) is 7. The van der Waals surface area contributed by atoms with E-state index in [1.807, 2.05) is 12.1 Å². The van der Waals surface area contributed by atoms with E-state index in [9.17, 15) is 8.42 Å². The summed E-state index contributed by atoms with van der Waals surface area (Å²) in [7, 11) is -3.76. The van der Waals surface area contributed by atoms with Crippen LogP contribution in [0.1, 0.15) is 11.1 Å². The van der Waals surface area contributed by atoms with E-state index in [4.69, 9.17) is 15.3 Å². The molecule has 27 heavy (non-hydrogen) atoms. The van der Waals surface area contributed by atoms with Gasteiger partial charge in [0.05, 0.1) is 16.7 Å². The highest BCUT2D eigenvalue weighted by molar-refractivity contribution is 7.89. The van der Waals surface area contributed by atoms with Crippen molar-refractivity contribution in [2.45, 2.75) is 11.3 Å². The Hall–Kier alpha value is -3.30. The van der Waals surface area contributed by atoms with Crippen molar-refractivity contribution < 1.29 is 12.8 Å². The van der Waals surface area contributed by atoms with Crippen molar-refractivity contribution in [2.24, 2.45) is 5.14 Å². The largest absolute Gasteiger partial charge is 0.436 e. The summed E-state index contributed by atoms with van der Waals surface area (Å²) >= 11 is 0. The van der Waals surface area contributed by atoms with Crippen LogP contribution in [0.25, 0.3) is 22.6 Å². The quantitative estimate of drug-likeness (QED) is 0.552. The minimum Gasteiger partial charge on any atom is -0.436 e. The third-order valence-electron chi connectivity index (χ3n) is 4.03. The molecule has 0 amide bonds. The molecule has 0 bridgehead atoms. The SMILES string of the molecule is Nc1ncc(Cc2cccc(S(N)(=O)=O)c2)cc1-c1nc2cnccc2o1. The first kappa shape index (κ1) is 17.1. The molecule has 0 unspecified atom stereocenters. The molecule has 4 rings (SSSR count). The number of rotatable bonds is 4. The summed E-state index contributed by atoms with van der Waals surface area (Å²) in [6.45, 7) is 0. The zero-order valence-corrected chi connectivity index (χ0v) is 14.8. The van der Waals surface area contributed by atoms with E-state index >= 15 is 0 Å². The molecule has 0 aliphatic rings. The van der Waals surface area contributed by atoms with Gasteiger partial charge in [-0.25, -0.2) is 23.5 Å². The number of oxazole rings is 1. The monoisotopic (exact) mass is 381 g/mol. The summed E-state index contributed by atoms with van der Waals surface area (Å²) in [5.41, 5.74) is 9.39. The van der Waals surface area contributed by atoms with E-state index in [1.165, 1.54) is 12.1 Å².